The lowest BCUT2D eigenvalue weighted by atomic mass is 9.77. The van der Waals surface area contributed by atoms with Crippen molar-refractivity contribution in [3.8, 4) is 5.75 Å². The Balaban J connectivity index is 2.31. The van der Waals surface area contributed by atoms with E-state index in [4.69, 9.17) is 5.73 Å². The highest BCUT2D eigenvalue weighted by atomic mass is 79.9. The maximum absolute atomic E-state index is 13.1. The number of phenolic OH excluding ortho intramolecular Hbond substituents is 1. The first-order chi connectivity index (χ1) is 7.11. The molecule has 1 aromatic carbocycles. The fraction of sp³-hybridized carbons (Fsp3) is 0.455. The smallest absolute Gasteiger partial charge is 0.141 e. The van der Waals surface area contributed by atoms with Crippen LogP contribution in [0.2, 0.25) is 0 Å². The zero-order valence-corrected chi connectivity index (χ0v) is 9.80. The summed E-state index contributed by atoms with van der Waals surface area (Å²) in [5, 5.41) is 9.75. The van der Waals surface area contributed by atoms with Crippen LogP contribution in [0, 0.1) is 11.7 Å². The fourth-order valence-electron chi connectivity index (χ4n) is 1.88. The second kappa shape index (κ2) is 4.10. The molecule has 0 unspecified atom stereocenters. The van der Waals surface area contributed by atoms with Gasteiger partial charge in [-0.1, -0.05) is 12.5 Å². The standard InChI is InChI=1S/C11H13BrFNO/c12-9-8(13)5-4-7(11(9)15)10(14)6-2-1-3-6/h4-6,10,15H,1-3,14H2/t10-/m0/s1. The molecule has 1 aromatic rings. The van der Waals surface area contributed by atoms with Crippen molar-refractivity contribution in [2.45, 2.75) is 25.3 Å². The van der Waals surface area contributed by atoms with Gasteiger partial charge in [-0.15, -0.1) is 0 Å². The Hall–Kier alpha value is -0.610. The summed E-state index contributed by atoms with van der Waals surface area (Å²) in [6.45, 7) is 0. The highest BCUT2D eigenvalue weighted by molar-refractivity contribution is 9.10. The predicted molar refractivity (Wildman–Crippen MR) is 60.0 cm³/mol. The maximum atomic E-state index is 13.1. The fourth-order valence-corrected chi connectivity index (χ4v) is 2.24. The lowest BCUT2D eigenvalue weighted by Gasteiger charge is -2.31. The minimum absolute atomic E-state index is 0.0607. The molecule has 0 radical (unpaired) electrons. The molecule has 0 aromatic heterocycles. The van der Waals surface area contributed by atoms with Crippen molar-refractivity contribution in [3.05, 3.63) is 28.0 Å². The van der Waals surface area contributed by atoms with Gasteiger partial charge >= 0.3 is 0 Å². The quantitative estimate of drug-likeness (QED) is 0.870. The van der Waals surface area contributed by atoms with Crippen LogP contribution in [0.4, 0.5) is 4.39 Å². The summed E-state index contributed by atoms with van der Waals surface area (Å²) in [5.74, 6) is -0.0975. The molecule has 0 aliphatic heterocycles. The molecular weight excluding hydrogens is 261 g/mol. The Morgan fingerprint density at radius 3 is 2.67 bits per heavy atom. The first kappa shape index (κ1) is 10.9. The third kappa shape index (κ3) is 1.88. The molecule has 0 saturated heterocycles. The van der Waals surface area contributed by atoms with Crippen molar-refractivity contribution in [2.75, 3.05) is 0 Å². The van der Waals surface area contributed by atoms with E-state index < -0.39 is 5.82 Å². The molecule has 1 saturated carbocycles. The molecule has 82 valence electrons. The molecule has 0 amide bonds. The number of nitrogens with two attached hydrogens (primary N) is 1. The van der Waals surface area contributed by atoms with E-state index in [-0.39, 0.29) is 16.3 Å². The van der Waals surface area contributed by atoms with Crippen LogP contribution in [0.15, 0.2) is 16.6 Å². The van der Waals surface area contributed by atoms with E-state index in [9.17, 15) is 9.50 Å². The van der Waals surface area contributed by atoms with Gasteiger partial charge in [-0.3, -0.25) is 0 Å². The number of aromatic hydroxyl groups is 1. The van der Waals surface area contributed by atoms with Crippen molar-refractivity contribution in [2.24, 2.45) is 11.7 Å². The van der Waals surface area contributed by atoms with Gasteiger partial charge in [0.05, 0.1) is 4.47 Å². The molecule has 1 fully saturated rings. The average molecular weight is 274 g/mol. The molecule has 3 N–H and O–H groups in total. The first-order valence-corrected chi connectivity index (χ1v) is 5.83. The lowest BCUT2D eigenvalue weighted by molar-refractivity contribution is 0.260. The normalized spacial score (nSPS) is 18.6. The van der Waals surface area contributed by atoms with E-state index in [0.717, 1.165) is 12.8 Å². The topological polar surface area (TPSA) is 46.2 Å². The van der Waals surface area contributed by atoms with Gasteiger partial charge in [-0.05, 0) is 40.8 Å². The monoisotopic (exact) mass is 273 g/mol. The summed E-state index contributed by atoms with van der Waals surface area (Å²) in [7, 11) is 0. The van der Waals surface area contributed by atoms with Crippen molar-refractivity contribution in [3.63, 3.8) is 0 Å². The van der Waals surface area contributed by atoms with Gasteiger partial charge in [0.1, 0.15) is 11.6 Å². The number of halogens is 2. The van der Waals surface area contributed by atoms with Crippen molar-refractivity contribution in [1.82, 2.24) is 0 Å². The van der Waals surface area contributed by atoms with Crippen LogP contribution < -0.4 is 5.73 Å². The van der Waals surface area contributed by atoms with Crippen molar-refractivity contribution >= 4 is 15.9 Å². The number of benzene rings is 1. The second-order valence-corrected chi connectivity index (χ2v) is 4.81. The Morgan fingerprint density at radius 2 is 2.13 bits per heavy atom. The van der Waals surface area contributed by atoms with Crippen molar-refractivity contribution < 1.29 is 9.50 Å². The van der Waals surface area contributed by atoms with Gasteiger partial charge in [-0.2, -0.15) is 0 Å². The molecular formula is C11H13BrFNO. The Bertz CT molecular complexity index is 379. The molecule has 4 heteroatoms. The van der Waals surface area contributed by atoms with Crippen LogP contribution in [0.5, 0.6) is 5.75 Å². The number of phenols is 1. The van der Waals surface area contributed by atoms with Gasteiger partial charge in [0.15, 0.2) is 0 Å². The minimum atomic E-state index is -0.461. The van der Waals surface area contributed by atoms with Crippen molar-refractivity contribution in [1.29, 1.82) is 0 Å². The third-order valence-corrected chi connectivity index (χ3v) is 3.87. The highest BCUT2D eigenvalue weighted by Gasteiger charge is 2.28. The summed E-state index contributed by atoms with van der Waals surface area (Å²) in [4.78, 5) is 0. The maximum Gasteiger partial charge on any atom is 0.141 e. The van der Waals surface area contributed by atoms with E-state index in [2.05, 4.69) is 15.9 Å². The summed E-state index contributed by atoms with van der Waals surface area (Å²) in [5.41, 5.74) is 6.65. The van der Waals surface area contributed by atoms with E-state index >= 15 is 0 Å². The SMILES string of the molecule is N[C@H](c1ccc(F)c(Br)c1O)C1CCC1. The van der Waals surface area contributed by atoms with Gasteiger partial charge in [-0.25, -0.2) is 4.39 Å². The Labute approximate surface area is 96.4 Å². The zero-order chi connectivity index (χ0) is 11.0. The summed E-state index contributed by atoms with van der Waals surface area (Å²) >= 11 is 3.01. The molecule has 2 nitrogen and oxygen atoms in total. The summed E-state index contributed by atoms with van der Waals surface area (Å²) in [6, 6.07) is 2.71. The summed E-state index contributed by atoms with van der Waals surface area (Å²) in [6.07, 6.45) is 3.38. The van der Waals surface area contributed by atoms with Crippen LogP contribution in [0.1, 0.15) is 30.9 Å². The van der Waals surface area contributed by atoms with Gasteiger partial charge < -0.3 is 10.8 Å². The Morgan fingerprint density at radius 1 is 1.47 bits per heavy atom. The van der Waals surface area contributed by atoms with Gasteiger partial charge in [0.25, 0.3) is 0 Å². The molecule has 2 rings (SSSR count). The molecule has 1 aliphatic carbocycles. The zero-order valence-electron chi connectivity index (χ0n) is 8.21. The number of hydrogen-bond donors (Lipinski definition) is 2. The number of hydrogen-bond acceptors (Lipinski definition) is 2. The van der Waals surface area contributed by atoms with Crippen LogP contribution in [-0.2, 0) is 0 Å². The molecule has 1 atom stereocenters. The van der Waals surface area contributed by atoms with Crippen LogP contribution in [0.3, 0.4) is 0 Å². The number of rotatable bonds is 2. The molecule has 0 heterocycles. The lowest BCUT2D eigenvalue weighted by Crippen LogP contribution is -2.26. The Kier molecular flexibility index (Phi) is 2.98. The molecule has 15 heavy (non-hydrogen) atoms. The van der Waals surface area contributed by atoms with E-state index in [1.54, 1.807) is 6.07 Å². The minimum Gasteiger partial charge on any atom is -0.506 e. The highest BCUT2D eigenvalue weighted by Crippen LogP contribution is 2.41. The molecule has 1 aliphatic rings. The molecule has 0 bridgehead atoms. The third-order valence-electron chi connectivity index (χ3n) is 3.12. The van der Waals surface area contributed by atoms with Crippen LogP contribution in [-0.4, -0.2) is 5.11 Å². The van der Waals surface area contributed by atoms with Gasteiger partial charge in [0, 0.05) is 11.6 Å². The van der Waals surface area contributed by atoms with E-state index in [1.807, 2.05) is 0 Å². The average Bonchev–Trinajstić information content (AvgIpc) is 2.11. The predicted octanol–water partition coefficient (Wildman–Crippen LogP) is 3.09. The first-order valence-electron chi connectivity index (χ1n) is 5.03. The van der Waals surface area contributed by atoms with Crippen LogP contribution in [0.25, 0.3) is 0 Å². The molecule has 0 spiro atoms. The largest absolute Gasteiger partial charge is 0.506 e. The summed E-state index contributed by atoms with van der Waals surface area (Å²) < 4.78 is 13.2. The second-order valence-electron chi connectivity index (χ2n) is 4.02. The van der Waals surface area contributed by atoms with Gasteiger partial charge in [0.2, 0.25) is 0 Å². The van der Waals surface area contributed by atoms with E-state index in [1.165, 1.54) is 12.5 Å². The van der Waals surface area contributed by atoms with Crippen LogP contribution >= 0.6 is 15.9 Å². The van der Waals surface area contributed by atoms with E-state index in [0.29, 0.717) is 11.5 Å².